The number of nitrogens with zero attached hydrogens (tertiary/aromatic N) is 1. The molecule has 20 heavy (non-hydrogen) atoms. The summed E-state index contributed by atoms with van der Waals surface area (Å²) in [4.78, 5) is 15.4. The third kappa shape index (κ3) is 3.40. The number of pyridine rings is 1. The fraction of sp³-hybridized carbons (Fsp3) is 0.538. The zero-order valence-electron chi connectivity index (χ0n) is 10.9. The molecule has 4 nitrogen and oxygen atoms in total. The maximum atomic E-state index is 12.3. The molecule has 0 radical (unpaired) electrons. The van der Waals surface area contributed by atoms with Crippen molar-refractivity contribution in [3.8, 4) is 0 Å². The molecule has 1 aromatic rings. The van der Waals surface area contributed by atoms with Crippen molar-refractivity contribution in [1.82, 2.24) is 4.98 Å². The number of carboxylic acids is 1. The van der Waals surface area contributed by atoms with Crippen molar-refractivity contribution < 1.29 is 23.1 Å². The van der Waals surface area contributed by atoms with Gasteiger partial charge < -0.3 is 10.4 Å². The number of aromatic carboxylic acids is 1. The Hall–Kier alpha value is -1.79. The van der Waals surface area contributed by atoms with Crippen LogP contribution in [0.5, 0.6) is 0 Å². The molecule has 0 bridgehead atoms. The van der Waals surface area contributed by atoms with Crippen LogP contribution in [-0.4, -0.2) is 28.3 Å². The summed E-state index contributed by atoms with van der Waals surface area (Å²) in [6.07, 6.45) is -2.95. The summed E-state index contributed by atoms with van der Waals surface area (Å²) >= 11 is 0. The van der Waals surface area contributed by atoms with E-state index >= 15 is 0 Å². The first kappa shape index (κ1) is 14.6. The number of anilines is 1. The molecule has 0 aliphatic heterocycles. The van der Waals surface area contributed by atoms with E-state index < -0.39 is 24.6 Å². The number of carbonyl (C=O) groups is 1. The molecule has 1 heterocycles. The standard InChI is InChI=1S/C13H15F3N2O2/c1-7(6-13(14,15)16)17-11-9(12(19)20)5-8-3-2-4-10(8)18-11/h5,7H,2-4,6H2,1H3,(H,17,18)(H,19,20). The van der Waals surface area contributed by atoms with Crippen molar-refractivity contribution >= 4 is 11.8 Å². The van der Waals surface area contributed by atoms with Gasteiger partial charge in [0.2, 0.25) is 0 Å². The second kappa shape index (κ2) is 5.30. The average molecular weight is 288 g/mol. The fourth-order valence-corrected chi connectivity index (χ4v) is 2.38. The van der Waals surface area contributed by atoms with E-state index in [0.717, 1.165) is 30.5 Å². The first-order valence-electron chi connectivity index (χ1n) is 6.35. The van der Waals surface area contributed by atoms with Gasteiger partial charge in [0.15, 0.2) is 0 Å². The minimum atomic E-state index is -4.30. The summed E-state index contributed by atoms with van der Waals surface area (Å²) < 4.78 is 36.9. The molecule has 7 heteroatoms. The van der Waals surface area contributed by atoms with Crippen molar-refractivity contribution in [1.29, 1.82) is 0 Å². The second-order valence-corrected chi connectivity index (χ2v) is 5.01. The molecule has 2 N–H and O–H groups in total. The van der Waals surface area contributed by atoms with Gasteiger partial charge in [-0.05, 0) is 37.8 Å². The number of nitrogens with one attached hydrogen (secondary N) is 1. The second-order valence-electron chi connectivity index (χ2n) is 5.01. The molecule has 0 saturated carbocycles. The van der Waals surface area contributed by atoms with Gasteiger partial charge in [0.05, 0.1) is 6.42 Å². The molecule has 0 fully saturated rings. The topological polar surface area (TPSA) is 62.2 Å². The van der Waals surface area contributed by atoms with Crippen molar-refractivity contribution in [3.05, 3.63) is 22.9 Å². The van der Waals surface area contributed by atoms with Crippen LogP contribution in [0.3, 0.4) is 0 Å². The molecule has 0 amide bonds. The predicted molar refractivity (Wildman–Crippen MR) is 67.0 cm³/mol. The Morgan fingerprint density at radius 3 is 2.80 bits per heavy atom. The van der Waals surface area contributed by atoms with Crippen LogP contribution in [0, 0.1) is 0 Å². The first-order valence-corrected chi connectivity index (χ1v) is 6.35. The Bertz CT molecular complexity index is 529. The molecular weight excluding hydrogens is 273 g/mol. The van der Waals surface area contributed by atoms with E-state index in [1.54, 1.807) is 0 Å². The highest BCUT2D eigenvalue weighted by Gasteiger charge is 2.31. The third-order valence-corrected chi connectivity index (χ3v) is 3.20. The lowest BCUT2D eigenvalue weighted by atomic mass is 10.1. The molecule has 0 aromatic carbocycles. The van der Waals surface area contributed by atoms with Gasteiger partial charge in [-0.15, -0.1) is 0 Å². The maximum Gasteiger partial charge on any atom is 0.391 e. The van der Waals surface area contributed by atoms with Gasteiger partial charge in [0.1, 0.15) is 11.4 Å². The van der Waals surface area contributed by atoms with Crippen LogP contribution in [0.1, 0.15) is 41.4 Å². The SMILES string of the molecule is CC(CC(F)(F)F)Nc1nc2c(cc1C(=O)O)CCC2. The Kier molecular flexibility index (Phi) is 3.87. The van der Waals surface area contributed by atoms with E-state index in [1.807, 2.05) is 0 Å². The summed E-state index contributed by atoms with van der Waals surface area (Å²) in [5, 5.41) is 11.7. The number of hydrogen-bond acceptors (Lipinski definition) is 3. The van der Waals surface area contributed by atoms with Crippen molar-refractivity contribution in [3.63, 3.8) is 0 Å². The third-order valence-electron chi connectivity index (χ3n) is 3.20. The van der Waals surface area contributed by atoms with Crippen molar-refractivity contribution in [2.75, 3.05) is 5.32 Å². The van der Waals surface area contributed by atoms with Gasteiger partial charge in [-0.3, -0.25) is 0 Å². The summed E-state index contributed by atoms with van der Waals surface area (Å²) in [5.74, 6) is -1.16. The predicted octanol–water partition coefficient (Wildman–Crippen LogP) is 3.02. The normalized spacial score (nSPS) is 15.8. The summed E-state index contributed by atoms with van der Waals surface area (Å²) in [6, 6.07) is 0.584. The Balaban J connectivity index is 2.24. The zero-order valence-corrected chi connectivity index (χ0v) is 10.9. The van der Waals surface area contributed by atoms with Crippen LogP contribution in [-0.2, 0) is 12.8 Å². The molecular formula is C13H15F3N2O2. The summed E-state index contributed by atoms with van der Waals surface area (Å²) in [5.41, 5.74) is 1.58. The van der Waals surface area contributed by atoms with Crippen LogP contribution in [0.25, 0.3) is 0 Å². The highest BCUT2D eigenvalue weighted by molar-refractivity contribution is 5.93. The van der Waals surface area contributed by atoms with E-state index in [4.69, 9.17) is 5.11 Å². The molecule has 0 saturated heterocycles. The Morgan fingerprint density at radius 2 is 2.20 bits per heavy atom. The van der Waals surface area contributed by atoms with E-state index in [9.17, 15) is 18.0 Å². The van der Waals surface area contributed by atoms with E-state index in [1.165, 1.54) is 13.0 Å². The molecule has 110 valence electrons. The highest BCUT2D eigenvalue weighted by Crippen LogP contribution is 2.27. The largest absolute Gasteiger partial charge is 0.478 e. The molecule has 1 atom stereocenters. The van der Waals surface area contributed by atoms with Crippen LogP contribution < -0.4 is 5.32 Å². The number of carboxylic acid groups (broad SMARTS) is 1. The summed E-state index contributed by atoms with van der Waals surface area (Å²) in [6.45, 7) is 1.36. The van der Waals surface area contributed by atoms with E-state index in [-0.39, 0.29) is 11.4 Å². The lowest BCUT2D eigenvalue weighted by Gasteiger charge is -2.18. The highest BCUT2D eigenvalue weighted by atomic mass is 19.4. The lowest BCUT2D eigenvalue weighted by molar-refractivity contribution is -0.136. The molecule has 1 unspecified atom stereocenters. The van der Waals surface area contributed by atoms with Crippen LogP contribution in [0.15, 0.2) is 6.07 Å². The molecule has 2 rings (SSSR count). The van der Waals surface area contributed by atoms with Gasteiger partial charge in [0.25, 0.3) is 0 Å². The van der Waals surface area contributed by atoms with Gasteiger partial charge in [0, 0.05) is 11.7 Å². The van der Waals surface area contributed by atoms with Crippen LogP contribution in [0.4, 0.5) is 19.0 Å². The number of halogens is 3. The maximum absolute atomic E-state index is 12.3. The number of hydrogen-bond donors (Lipinski definition) is 2. The van der Waals surface area contributed by atoms with Crippen LogP contribution in [0.2, 0.25) is 0 Å². The molecule has 1 aliphatic rings. The number of rotatable bonds is 4. The molecule has 0 spiro atoms. The van der Waals surface area contributed by atoms with E-state index in [0.29, 0.717) is 0 Å². The molecule has 1 aliphatic carbocycles. The fourth-order valence-electron chi connectivity index (χ4n) is 2.38. The van der Waals surface area contributed by atoms with Crippen LogP contribution >= 0.6 is 0 Å². The Morgan fingerprint density at radius 1 is 1.50 bits per heavy atom. The quantitative estimate of drug-likeness (QED) is 0.894. The average Bonchev–Trinajstić information content (AvgIpc) is 2.71. The van der Waals surface area contributed by atoms with Gasteiger partial charge in [-0.1, -0.05) is 0 Å². The number of fused-ring (bicyclic) bond motifs is 1. The molecule has 1 aromatic heterocycles. The Labute approximate surface area is 114 Å². The van der Waals surface area contributed by atoms with Crippen molar-refractivity contribution in [2.24, 2.45) is 0 Å². The lowest BCUT2D eigenvalue weighted by Crippen LogP contribution is -2.25. The van der Waals surface area contributed by atoms with Gasteiger partial charge in [-0.2, -0.15) is 13.2 Å². The van der Waals surface area contributed by atoms with Crippen molar-refractivity contribution in [2.45, 2.75) is 44.8 Å². The monoisotopic (exact) mass is 288 g/mol. The first-order chi connectivity index (χ1) is 9.26. The van der Waals surface area contributed by atoms with Gasteiger partial charge >= 0.3 is 12.1 Å². The summed E-state index contributed by atoms with van der Waals surface area (Å²) in [7, 11) is 0. The zero-order chi connectivity index (χ0) is 14.9. The number of alkyl halides is 3. The number of aryl methyl sites for hydroxylation is 2. The minimum Gasteiger partial charge on any atom is -0.478 e. The van der Waals surface area contributed by atoms with E-state index in [2.05, 4.69) is 10.3 Å². The smallest absolute Gasteiger partial charge is 0.391 e. The minimum absolute atomic E-state index is 0.0231. The van der Waals surface area contributed by atoms with Gasteiger partial charge in [-0.25, -0.2) is 9.78 Å². The number of aromatic nitrogens is 1.